The Kier molecular flexibility index (Phi) is 4.28. The zero-order chi connectivity index (χ0) is 17.1. The van der Waals surface area contributed by atoms with E-state index in [0.717, 1.165) is 12.1 Å². The maximum absolute atomic E-state index is 13.7. The van der Waals surface area contributed by atoms with Crippen molar-refractivity contribution in [3.63, 3.8) is 0 Å². The molecule has 1 heterocycles. The molecule has 1 aromatic heterocycles. The predicted molar refractivity (Wildman–Crippen MR) is 81.3 cm³/mol. The number of hydrogen-bond donors (Lipinski definition) is 0. The normalized spacial score (nSPS) is 10.6. The van der Waals surface area contributed by atoms with E-state index in [4.69, 9.17) is 0 Å². The Bertz CT molecular complexity index is 867. The molecule has 0 saturated heterocycles. The van der Waals surface area contributed by atoms with Crippen molar-refractivity contribution in [2.24, 2.45) is 0 Å². The van der Waals surface area contributed by atoms with Gasteiger partial charge in [0.2, 0.25) is 0 Å². The summed E-state index contributed by atoms with van der Waals surface area (Å²) in [5, 5.41) is 10.9. The van der Waals surface area contributed by atoms with Crippen molar-refractivity contribution in [2.45, 2.75) is 6.54 Å². The summed E-state index contributed by atoms with van der Waals surface area (Å²) >= 11 is 0. The van der Waals surface area contributed by atoms with Crippen LogP contribution >= 0.6 is 0 Å². The van der Waals surface area contributed by atoms with Crippen molar-refractivity contribution in [3.8, 4) is 5.69 Å². The molecule has 0 aliphatic carbocycles. The second kappa shape index (κ2) is 6.53. The quantitative estimate of drug-likeness (QED) is 0.736. The van der Waals surface area contributed by atoms with Crippen LogP contribution in [0.25, 0.3) is 5.69 Å². The summed E-state index contributed by atoms with van der Waals surface area (Å²) in [6.45, 7) is 0.0278. The molecule has 0 spiro atoms. The van der Waals surface area contributed by atoms with Gasteiger partial charge >= 0.3 is 0 Å². The van der Waals surface area contributed by atoms with Crippen LogP contribution in [0.1, 0.15) is 15.9 Å². The molecule has 6 nitrogen and oxygen atoms in total. The predicted octanol–water partition coefficient (Wildman–Crippen LogP) is 2.21. The van der Waals surface area contributed by atoms with Crippen LogP contribution in [-0.2, 0) is 6.54 Å². The first-order valence-electron chi connectivity index (χ1n) is 7.07. The van der Waals surface area contributed by atoms with Crippen LogP contribution < -0.4 is 0 Å². The van der Waals surface area contributed by atoms with Gasteiger partial charge in [-0.25, -0.2) is 13.5 Å². The van der Waals surface area contributed by atoms with Crippen molar-refractivity contribution in [1.29, 1.82) is 0 Å². The largest absolute Gasteiger partial charge is 0.337 e. The molecule has 0 aliphatic heterocycles. The van der Waals surface area contributed by atoms with E-state index in [-0.39, 0.29) is 18.0 Å². The van der Waals surface area contributed by atoms with Crippen molar-refractivity contribution >= 4 is 5.91 Å². The van der Waals surface area contributed by atoms with Crippen molar-refractivity contribution < 1.29 is 13.6 Å². The number of aromatic nitrogens is 4. The fourth-order valence-corrected chi connectivity index (χ4v) is 2.26. The molecular formula is C16H13F2N5O. The summed E-state index contributed by atoms with van der Waals surface area (Å²) in [5.74, 6) is -1.63. The van der Waals surface area contributed by atoms with Gasteiger partial charge in [-0.05, 0) is 34.7 Å². The Morgan fingerprint density at radius 2 is 2.04 bits per heavy atom. The van der Waals surface area contributed by atoms with Crippen molar-refractivity contribution in [3.05, 3.63) is 71.6 Å². The van der Waals surface area contributed by atoms with E-state index in [1.54, 1.807) is 31.3 Å². The number of rotatable bonds is 4. The number of tetrazole rings is 1. The number of halogens is 2. The third-order valence-electron chi connectivity index (χ3n) is 3.48. The van der Waals surface area contributed by atoms with Crippen LogP contribution in [0.2, 0.25) is 0 Å². The fourth-order valence-electron chi connectivity index (χ4n) is 2.26. The Labute approximate surface area is 136 Å². The summed E-state index contributed by atoms with van der Waals surface area (Å²) in [5.41, 5.74) is 1.28. The van der Waals surface area contributed by atoms with Gasteiger partial charge in [-0.3, -0.25) is 4.79 Å². The van der Waals surface area contributed by atoms with E-state index in [0.29, 0.717) is 11.3 Å². The summed E-state index contributed by atoms with van der Waals surface area (Å²) in [4.78, 5) is 13.9. The molecule has 0 N–H and O–H groups in total. The van der Waals surface area contributed by atoms with Crippen LogP contribution in [0.3, 0.4) is 0 Å². The summed E-state index contributed by atoms with van der Waals surface area (Å²) in [6.07, 6.45) is 1.42. The fraction of sp³-hybridized carbons (Fsp3) is 0.125. The lowest BCUT2D eigenvalue weighted by Crippen LogP contribution is -2.26. The van der Waals surface area contributed by atoms with Crippen LogP contribution in [-0.4, -0.2) is 38.1 Å². The molecule has 0 saturated carbocycles. The lowest BCUT2D eigenvalue weighted by Gasteiger charge is -2.18. The average Bonchev–Trinajstić information content (AvgIpc) is 3.11. The Morgan fingerprint density at radius 1 is 1.21 bits per heavy atom. The summed E-state index contributed by atoms with van der Waals surface area (Å²) in [7, 11) is 1.55. The summed E-state index contributed by atoms with van der Waals surface area (Å²) < 4.78 is 28.1. The third-order valence-corrected chi connectivity index (χ3v) is 3.48. The zero-order valence-electron chi connectivity index (χ0n) is 12.7. The van der Waals surface area contributed by atoms with Gasteiger partial charge in [0.1, 0.15) is 18.0 Å². The first-order chi connectivity index (χ1) is 11.5. The molecule has 2 aromatic carbocycles. The van der Waals surface area contributed by atoms with Gasteiger partial charge in [-0.1, -0.05) is 12.1 Å². The van der Waals surface area contributed by atoms with Crippen molar-refractivity contribution in [1.82, 2.24) is 25.1 Å². The van der Waals surface area contributed by atoms with E-state index >= 15 is 0 Å². The molecule has 0 radical (unpaired) electrons. The Balaban J connectivity index is 1.79. The smallest absolute Gasteiger partial charge is 0.253 e. The summed E-state index contributed by atoms with van der Waals surface area (Å²) in [6, 6.07) is 10.0. The van der Waals surface area contributed by atoms with Gasteiger partial charge in [0.05, 0.1) is 5.69 Å². The lowest BCUT2D eigenvalue weighted by molar-refractivity contribution is 0.0784. The number of carbonyl (C=O) groups excluding carboxylic acids is 1. The second-order valence-electron chi connectivity index (χ2n) is 5.20. The highest BCUT2D eigenvalue weighted by molar-refractivity contribution is 5.94. The van der Waals surface area contributed by atoms with Crippen LogP contribution in [0, 0.1) is 11.6 Å². The van der Waals surface area contributed by atoms with E-state index in [1.165, 1.54) is 22.0 Å². The minimum atomic E-state index is -0.683. The Morgan fingerprint density at radius 3 is 2.75 bits per heavy atom. The molecule has 0 atom stereocenters. The molecule has 0 aliphatic rings. The lowest BCUT2D eigenvalue weighted by atomic mass is 10.1. The van der Waals surface area contributed by atoms with Crippen LogP contribution in [0.4, 0.5) is 8.78 Å². The molecular weight excluding hydrogens is 316 g/mol. The van der Waals surface area contributed by atoms with Gasteiger partial charge < -0.3 is 4.90 Å². The van der Waals surface area contributed by atoms with Gasteiger partial charge in [0.15, 0.2) is 0 Å². The van der Waals surface area contributed by atoms with Crippen molar-refractivity contribution in [2.75, 3.05) is 7.05 Å². The van der Waals surface area contributed by atoms with Gasteiger partial charge in [-0.15, -0.1) is 5.10 Å². The van der Waals surface area contributed by atoms with E-state index in [9.17, 15) is 13.6 Å². The average molecular weight is 329 g/mol. The van der Waals surface area contributed by atoms with E-state index in [2.05, 4.69) is 15.5 Å². The number of amides is 1. The van der Waals surface area contributed by atoms with Gasteiger partial charge in [-0.2, -0.15) is 0 Å². The molecule has 3 rings (SSSR count). The molecule has 8 heteroatoms. The highest BCUT2D eigenvalue weighted by Gasteiger charge is 2.15. The highest BCUT2D eigenvalue weighted by Crippen LogP contribution is 2.15. The number of hydrogen-bond acceptors (Lipinski definition) is 4. The van der Waals surface area contributed by atoms with Gasteiger partial charge in [0.25, 0.3) is 5.91 Å². The molecule has 3 aromatic rings. The highest BCUT2D eigenvalue weighted by atomic mass is 19.1. The molecule has 24 heavy (non-hydrogen) atoms. The van der Waals surface area contributed by atoms with Gasteiger partial charge in [0, 0.05) is 30.8 Å². The molecule has 0 unspecified atom stereocenters. The first kappa shape index (κ1) is 15.7. The number of carbonyl (C=O) groups is 1. The first-order valence-corrected chi connectivity index (χ1v) is 7.07. The minimum Gasteiger partial charge on any atom is -0.337 e. The second-order valence-corrected chi connectivity index (χ2v) is 5.20. The molecule has 0 bridgehead atoms. The monoisotopic (exact) mass is 329 g/mol. The Hall–Kier alpha value is -3.16. The molecule has 122 valence electrons. The molecule has 1 amide bonds. The standard InChI is InChI=1S/C16H13F2N5O/c1-22(9-12-5-6-13(17)8-15(12)18)16(24)11-3-2-4-14(7-11)23-10-19-20-21-23/h2-8,10H,9H2,1H3. The van der Waals surface area contributed by atoms with Crippen LogP contribution in [0.5, 0.6) is 0 Å². The SMILES string of the molecule is CN(Cc1ccc(F)cc1F)C(=O)c1cccc(-n2cnnn2)c1. The van der Waals surface area contributed by atoms with E-state index in [1.807, 2.05) is 0 Å². The third kappa shape index (κ3) is 3.27. The minimum absolute atomic E-state index is 0.0278. The zero-order valence-corrected chi connectivity index (χ0v) is 12.7. The number of benzene rings is 2. The maximum Gasteiger partial charge on any atom is 0.253 e. The van der Waals surface area contributed by atoms with Crippen LogP contribution in [0.15, 0.2) is 48.8 Å². The molecule has 0 fully saturated rings. The maximum atomic E-state index is 13.7. The topological polar surface area (TPSA) is 63.9 Å². The van der Waals surface area contributed by atoms with E-state index < -0.39 is 11.6 Å². The number of nitrogens with zero attached hydrogens (tertiary/aromatic N) is 5.